The molecular weight excluding hydrogens is 204 g/mol. The Labute approximate surface area is 96.0 Å². The van der Waals surface area contributed by atoms with Crippen molar-refractivity contribution in [1.29, 1.82) is 0 Å². The van der Waals surface area contributed by atoms with Crippen molar-refractivity contribution in [2.24, 2.45) is 0 Å². The average Bonchev–Trinajstić information content (AvgIpc) is 2.70. The fourth-order valence-corrected chi connectivity index (χ4v) is 1.98. The molecule has 1 aliphatic rings. The summed E-state index contributed by atoms with van der Waals surface area (Å²) in [7, 11) is 1.88. The van der Waals surface area contributed by atoms with Gasteiger partial charge in [-0.25, -0.2) is 0 Å². The predicted octanol–water partition coefficient (Wildman–Crippen LogP) is 2.09. The van der Waals surface area contributed by atoms with Crippen LogP contribution >= 0.6 is 0 Å². The van der Waals surface area contributed by atoms with Crippen LogP contribution in [-0.2, 0) is 0 Å². The van der Waals surface area contributed by atoms with Crippen LogP contribution in [0.1, 0.15) is 51.5 Å². The molecule has 0 saturated heterocycles. The molecular formula is C11H20N4O. The van der Waals surface area contributed by atoms with E-state index in [0.29, 0.717) is 11.9 Å². The third kappa shape index (κ3) is 2.04. The normalized spacial score (nSPS) is 20.2. The van der Waals surface area contributed by atoms with E-state index < -0.39 is 0 Å². The van der Waals surface area contributed by atoms with Crippen molar-refractivity contribution in [2.75, 3.05) is 12.4 Å². The van der Waals surface area contributed by atoms with Crippen LogP contribution in [0.15, 0.2) is 4.42 Å². The van der Waals surface area contributed by atoms with E-state index in [4.69, 9.17) is 4.42 Å². The maximum atomic E-state index is 5.57. The fourth-order valence-electron chi connectivity index (χ4n) is 1.98. The highest BCUT2D eigenvalue weighted by Gasteiger charge is 2.36. The van der Waals surface area contributed by atoms with Gasteiger partial charge in [-0.15, -0.1) is 5.10 Å². The molecule has 0 aliphatic heterocycles. The summed E-state index contributed by atoms with van der Waals surface area (Å²) in [5, 5.41) is 14.5. The Morgan fingerprint density at radius 2 is 2.19 bits per heavy atom. The first-order valence-electron chi connectivity index (χ1n) is 5.98. The summed E-state index contributed by atoms with van der Waals surface area (Å²) in [6.07, 6.45) is 4.78. The van der Waals surface area contributed by atoms with Crippen molar-refractivity contribution in [3.8, 4) is 0 Å². The van der Waals surface area contributed by atoms with Crippen LogP contribution in [-0.4, -0.2) is 22.8 Å². The second-order valence-corrected chi connectivity index (χ2v) is 4.57. The molecule has 0 radical (unpaired) electrons. The molecule has 5 heteroatoms. The van der Waals surface area contributed by atoms with Crippen molar-refractivity contribution in [3.63, 3.8) is 0 Å². The van der Waals surface area contributed by atoms with Gasteiger partial charge in [0.1, 0.15) is 0 Å². The smallest absolute Gasteiger partial charge is 0.315 e. The number of hydrogen-bond donors (Lipinski definition) is 2. The van der Waals surface area contributed by atoms with Gasteiger partial charge < -0.3 is 15.1 Å². The van der Waals surface area contributed by atoms with Gasteiger partial charge in [0, 0.05) is 5.54 Å². The molecule has 1 heterocycles. The van der Waals surface area contributed by atoms with Gasteiger partial charge in [-0.1, -0.05) is 12.0 Å². The summed E-state index contributed by atoms with van der Waals surface area (Å²) < 4.78 is 5.57. The van der Waals surface area contributed by atoms with Gasteiger partial charge in [-0.2, -0.15) is 0 Å². The molecule has 1 fully saturated rings. The molecule has 2 N–H and O–H groups in total. The van der Waals surface area contributed by atoms with Crippen molar-refractivity contribution in [1.82, 2.24) is 15.5 Å². The minimum atomic E-state index is 0.0991. The Kier molecular flexibility index (Phi) is 3.14. The van der Waals surface area contributed by atoms with E-state index in [9.17, 15) is 0 Å². The highest BCUT2D eigenvalue weighted by Crippen LogP contribution is 2.37. The van der Waals surface area contributed by atoms with Gasteiger partial charge in [0.15, 0.2) is 0 Å². The van der Waals surface area contributed by atoms with Crippen molar-refractivity contribution in [2.45, 2.75) is 51.1 Å². The highest BCUT2D eigenvalue weighted by atomic mass is 16.4. The zero-order valence-corrected chi connectivity index (χ0v) is 10.2. The SMILES string of the molecule is CCC1(Nc2nnc(C(C)NC)o2)CCC1. The quantitative estimate of drug-likeness (QED) is 0.802. The van der Waals surface area contributed by atoms with Crippen molar-refractivity contribution < 1.29 is 4.42 Å². The minimum absolute atomic E-state index is 0.0991. The van der Waals surface area contributed by atoms with E-state index in [-0.39, 0.29) is 11.6 Å². The lowest BCUT2D eigenvalue weighted by Crippen LogP contribution is -2.44. The molecule has 1 aromatic heterocycles. The maximum absolute atomic E-state index is 5.57. The number of nitrogens with one attached hydrogen (secondary N) is 2. The van der Waals surface area contributed by atoms with Crippen LogP contribution in [0.4, 0.5) is 6.01 Å². The Balaban J connectivity index is 2.02. The predicted molar refractivity (Wildman–Crippen MR) is 62.3 cm³/mol. The summed E-state index contributed by atoms with van der Waals surface area (Å²) >= 11 is 0. The topological polar surface area (TPSA) is 63.0 Å². The first-order chi connectivity index (χ1) is 7.69. The Bertz CT molecular complexity index is 340. The van der Waals surface area contributed by atoms with E-state index in [0.717, 1.165) is 6.42 Å². The molecule has 90 valence electrons. The van der Waals surface area contributed by atoms with Gasteiger partial charge in [-0.05, 0) is 39.7 Å². The highest BCUT2D eigenvalue weighted by molar-refractivity contribution is 5.26. The van der Waals surface area contributed by atoms with E-state index in [2.05, 4.69) is 27.8 Å². The summed E-state index contributed by atoms with van der Waals surface area (Å²) in [5.41, 5.74) is 0.201. The minimum Gasteiger partial charge on any atom is -0.406 e. The molecule has 2 rings (SSSR count). The first kappa shape index (κ1) is 11.4. The standard InChI is InChI=1S/C11H20N4O/c1-4-11(6-5-7-11)13-10-15-14-9(16-10)8(2)12-3/h8,12H,4-7H2,1-3H3,(H,13,15). The van der Waals surface area contributed by atoms with Crippen LogP contribution in [0, 0.1) is 0 Å². The second-order valence-electron chi connectivity index (χ2n) is 4.57. The molecule has 1 saturated carbocycles. The molecule has 0 spiro atoms. The van der Waals surface area contributed by atoms with Crippen LogP contribution in [0.25, 0.3) is 0 Å². The van der Waals surface area contributed by atoms with Gasteiger partial charge in [0.2, 0.25) is 5.89 Å². The lowest BCUT2D eigenvalue weighted by molar-refractivity contribution is 0.261. The zero-order valence-electron chi connectivity index (χ0n) is 10.2. The monoisotopic (exact) mass is 224 g/mol. The molecule has 1 atom stereocenters. The molecule has 1 aliphatic carbocycles. The fraction of sp³-hybridized carbons (Fsp3) is 0.818. The number of anilines is 1. The molecule has 5 nitrogen and oxygen atoms in total. The van der Waals surface area contributed by atoms with Crippen molar-refractivity contribution in [3.05, 3.63) is 5.89 Å². The Hall–Kier alpha value is -1.10. The average molecular weight is 224 g/mol. The van der Waals surface area contributed by atoms with E-state index in [1.807, 2.05) is 14.0 Å². The summed E-state index contributed by atoms with van der Waals surface area (Å²) in [5.74, 6) is 0.635. The van der Waals surface area contributed by atoms with Crippen LogP contribution < -0.4 is 10.6 Å². The Morgan fingerprint density at radius 1 is 1.44 bits per heavy atom. The molecule has 1 unspecified atom stereocenters. The molecule has 1 aromatic rings. The van der Waals surface area contributed by atoms with E-state index in [1.54, 1.807) is 0 Å². The lowest BCUT2D eigenvalue weighted by Gasteiger charge is -2.41. The lowest BCUT2D eigenvalue weighted by atomic mass is 9.75. The number of aromatic nitrogens is 2. The number of nitrogens with zero attached hydrogens (tertiary/aromatic N) is 2. The van der Waals surface area contributed by atoms with Crippen LogP contribution in [0.2, 0.25) is 0 Å². The van der Waals surface area contributed by atoms with Gasteiger partial charge in [-0.3, -0.25) is 0 Å². The van der Waals surface area contributed by atoms with Gasteiger partial charge >= 0.3 is 6.01 Å². The van der Waals surface area contributed by atoms with Gasteiger partial charge in [0.05, 0.1) is 6.04 Å². The molecule has 16 heavy (non-hydrogen) atoms. The number of rotatable bonds is 5. The van der Waals surface area contributed by atoms with Crippen molar-refractivity contribution >= 4 is 6.01 Å². The van der Waals surface area contributed by atoms with Crippen LogP contribution in [0.5, 0.6) is 0 Å². The first-order valence-corrected chi connectivity index (χ1v) is 5.98. The largest absolute Gasteiger partial charge is 0.406 e. The van der Waals surface area contributed by atoms with Gasteiger partial charge in [0.25, 0.3) is 0 Å². The summed E-state index contributed by atoms with van der Waals surface area (Å²) in [4.78, 5) is 0. The number of hydrogen-bond acceptors (Lipinski definition) is 5. The second kappa shape index (κ2) is 4.41. The molecule has 0 bridgehead atoms. The summed E-state index contributed by atoms with van der Waals surface area (Å²) in [6.45, 7) is 4.19. The molecule has 0 aromatic carbocycles. The zero-order chi connectivity index (χ0) is 11.6. The third-order valence-electron chi connectivity index (χ3n) is 3.60. The third-order valence-corrected chi connectivity index (χ3v) is 3.60. The van der Waals surface area contributed by atoms with E-state index >= 15 is 0 Å². The molecule has 0 amide bonds. The van der Waals surface area contributed by atoms with E-state index in [1.165, 1.54) is 19.3 Å². The Morgan fingerprint density at radius 3 is 2.69 bits per heavy atom. The van der Waals surface area contributed by atoms with Crippen LogP contribution in [0.3, 0.4) is 0 Å². The summed E-state index contributed by atoms with van der Waals surface area (Å²) in [6, 6.07) is 0.653. The maximum Gasteiger partial charge on any atom is 0.315 e.